The molecule has 0 saturated carbocycles. The van der Waals surface area contributed by atoms with E-state index < -0.39 is 4.84 Å². The maximum Gasteiger partial charge on any atom is 0.130 e. The van der Waals surface area contributed by atoms with E-state index in [4.69, 9.17) is 56.6 Å². The largest absolute Gasteiger partial charge is 0.400 e. The van der Waals surface area contributed by atoms with Crippen LogP contribution in [0.3, 0.4) is 0 Å². The molecule has 0 aromatic rings. The van der Waals surface area contributed by atoms with Gasteiger partial charge in [0.25, 0.3) is 0 Å². The van der Waals surface area contributed by atoms with Gasteiger partial charge in [-0.1, -0.05) is 0 Å². The minimum atomic E-state index is -0.616. The van der Waals surface area contributed by atoms with Crippen molar-refractivity contribution in [3.05, 3.63) is 0 Å². The molecule has 0 aromatic heterocycles. The summed E-state index contributed by atoms with van der Waals surface area (Å²) >= 11 is 19.5. The number of aliphatic hydroxyl groups is 2. The summed E-state index contributed by atoms with van der Waals surface area (Å²) < 4.78 is 0. The van der Waals surface area contributed by atoms with E-state index in [1.807, 2.05) is 0 Å². The topological polar surface area (TPSA) is 75.5 Å². The van der Waals surface area contributed by atoms with Crippen LogP contribution in [-0.4, -0.2) is 34.1 Å². The lowest BCUT2D eigenvalue weighted by Gasteiger charge is -1.84. The van der Waals surface area contributed by atoms with Crippen molar-refractivity contribution in [2.24, 2.45) is 0 Å². The highest BCUT2D eigenvalue weighted by molar-refractivity contribution is 6.44. The average molecular weight is 249 g/mol. The van der Waals surface area contributed by atoms with Gasteiger partial charge in [0.15, 0.2) is 0 Å². The van der Waals surface area contributed by atoms with Gasteiger partial charge in [-0.3, -0.25) is 0 Å². The predicted molar refractivity (Wildman–Crippen MR) is 52.3 cm³/mol. The van der Waals surface area contributed by atoms with Gasteiger partial charge < -0.3 is 16.4 Å². The van der Waals surface area contributed by atoms with Gasteiger partial charge in [-0.25, -0.2) is 0 Å². The van der Waals surface area contributed by atoms with Crippen LogP contribution in [0.15, 0.2) is 0 Å². The van der Waals surface area contributed by atoms with Crippen LogP contribution in [0, 0.1) is 0 Å². The van der Waals surface area contributed by atoms with E-state index in [-0.39, 0.29) is 18.1 Å². The summed E-state index contributed by atoms with van der Waals surface area (Å²) in [6.45, 7) is -0.164. The van der Waals surface area contributed by atoms with Crippen LogP contribution in [0.4, 0.5) is 0 Å². The number of aliphatic hydroxyl groups excluding tert-OH is 2. The fourth-order valence-corrected chi connectivity index (χ4v) is 0. The summed E-state index contributed by atoms with van der Waals surface area (Å²) in [5, 5.41) is 15.1. The summed E-state index contributed by atoms with van der Waals surface area (Å²) in [7, 11) is 1.00. The Bertz CT molecular complexity index is 41.3. The van der Waals surface area contributed by atoms with Crippen LogP contribution < -0.4 is 6.15 Å². The molecule has 0 aromatic carbocycles. The molecule has 0 rings (SSSR count). The van der Waals surface area contributed by atoms with Crippen LogP contribution >= 0.6 is 46.4 Å². The Morgan fingerprint density at radius 1 is 1.18 bits per heavy atom. The van der Waals surface area contributed by atoms with E-state index >= 15 is 0 Å². The Morgan fingerprint density at radius 3 is 1.27 bits per heavy atom. The summed E-state index contributed by atoms with van der Waals surface area (Å²) in [5.41, 5.74) is 0. The van der Waals surface area contributed by atoms with Crippen molar-refractivity contribution >= 4 is 46.4 Å². The van der Waals surface area contributed by atoms with E-state index in [1.54, 1.807) is 0 Å². The second kappa shape index (κ2) is 30.5. The molecule has 0 bridgehead atoms. The van der Waals surface area contributed by atoms with Gasteiger partial charge in [0.05, 0.1) is 11.9 Å². The maximum atomic E-state index is 7.88. The Kier molecular flexibility index (Phi) is 63.0. The van der Waals surface area contributed by atoms with Crippen molar-refractivity contribution in [1.29, 1.82) is 0 Å². The molecule has 0 spiro atoms. The van der Waals surface area contributed by atoms with Crippen molar-refractivity contribution in [3.8, 4) is 0 Å². The third-order valence-corrected chi connectivity index (χ3v) is 0.414. The van der Waals surface area contributed by atoms with Crippen molar-refractivity contribution in [3.63, 3.8) is 0 Å². The lowest BCUT2D eigenvalue weighted by molar-refractivity contribution is 0.313. The third kappa shape index (κ3) is 97.6. The van der Waals surface area contributed by atoms with Crippen molar-refractivity contribution < 1.29 is 10.2 Å². The minimum absolute atomic E-state index is 0. The van der Waals surface area contributed by atoms with E-state index in [2.05, 4.69) is 0 Å². The molecule has 5 N–H and O–H groups in total. The zero-order valence-corrected chi connectivity index (χ0v) is 9.13. The van der Waals surface area contributed by atoms with Gasteiger partial charge in [-0.15, -0.1) is 46.4 Å². The van der Waals surface area contributed by atoms with Crippen LogP contribution in [0.1, 0.15) is 0 Å². The van der Waals surface area contributed by atoms with Gasteiger partial charge in [-0.2, -0.15) is 0 Å². The maximum absolute atomic E-state index is 7.88. The van der Waals surface area contributed by atoms with Crippen LogP contribution in [-0.2, 0) is 0 Å². The molecule has 74 valence electrons. The van der Waals surface area contributed by atoms with Crippen LogP contribution in [0.25, 0.3) is 0 Å². The van der Waals surface area contributed by atoms with E-state index in [1.165, 1.54) is 0 Å². The third-order valence-electron chi connectivity index (χ3n) is 0.138. The molecular weight excluding hydrogens is 236 g/mol. The van der Waals surface area contributed by atoms with Gasteiger partial charge in [-0.05, 0) is 0 Å². The second-order valence-electron chi connectivity index (χ2n) is 0.675. The highest BCUT2D eigenvalue weighted by Gasteiger charge is 1.88. The molecule has 0 aliphatic rings. The zero-order chi connectivity index (χ0) is 8.99. The first-order valence-corrected chi connectivity index (χ1v) is 4.08. The van der Waals surface area contributed by atoms with Crippen LogP contribution in [0.2, 0.25) is 0 Å². The number of halogens is 4. The number of hydrogen-bond donors (Lipinski definition) is 3. The minimum Gasteiger partial charge on any atom is -0.400 e. The van der Waals surface area contributed by atoms with Gasteiger partial charge >= 0.3 is 0 Å². The van der Waals surface area contributed by atoms with E-state index in [0.717, 1.165) is 7.11 Å². The molecule has 7 heteroatoms. The second-order valence-corrected chi connectivity index (χ2v) is 2.76. The van der Waals surface area contributed by atoms with Crippen molar-refractivity contribution in [2.45, 2.75) is 4.84 Å². The summed E-state index contributed by atoms with van der Waals surface area (Å²) in [5.74, 6) is 0. The zero-order valence-electron chi connectivity index (χ0n) is 6.10. The summed E-state index contributed by atoms with van der Waals surface area (Å²) in [6, 6.07) is 0. The quantitative estimate of drug-likeness (QED) is 0.622. The molecule has 0 amide bonds. The summed E-state index contributed by atoms with van der Waals surface area (Å²) in [4.78, 5) is -0.616. The SMILES string of the molecule is CO.ClCCl.N.OCC(Cl)Cl. The molecule has 0 aliphatic heterocycles. The number of alkyl halides is 4. The first-order valence-electron chi connectivity index (χ1n) is 2.14. The van der Waals surface area contributed by atoms with Crippen molar-refractivity contribution in [1.82, 2.24) is 6.15 Å². The highest BCUT2D eigenvalue weighted by atomic mass is 35.5. The average Bonchev–Trinajstić information content (AvgIpc) is 1.94. The number of rotatable bonds is 1. The molecule has 11 heavy (non-hydrogen) atoms. The normalized spacial score (nSPS) is 6.55. The van der Waals surface area contributed by atoms with E-state index in [9.17, 15) is 0 Å². The first-order chi connectivity index (χ1) is 4.68. The fourth-order valence-electron chi connectivity index (χ4n) is 0. The molecule has 3 nitrogen and oxygen atoms in total. The smallest absolute Gasteiger partial charge is 0.130 e. The molecular formula is C4H13Cl4NO2. The molecule has 0 saturated heterocycles. The fraction of sp³-hybridized carbons (Fsp3) is 1.00. The lowest BCUT2D eigenvalue weighted by atomic mass is 10.9. The molecule has 0 fully saturated rings. The highest BCUT2D eigenvalue weighted by Crippen LogP contribution is 1.96. The standard InChI is InChI=1S/C2H4Cl2O.CH2Cl2.CH4O.H3N/c3-2(4)1-5;2-1-3;1-2;/h2,5H,1H2;1H2;2H,1H3;1H3. The van der Waals surface area contributed by atoms with Crippen LogP contribution in [0.5, 0.6) is 0 Å². The monoisotopic (exact) mass is 247 g/mol. The van der Waals surface area contributed by atoms with Gasteiger partial charge in [0, 0.05) is 7.11 Å². The molecule has 0 heterocycles. The Morgan fingerprint density at radius 2 is 1.27 bits per heavy atom. The molecule has 0 radical (unpaired) electrons. The van der Waals surface area contributed by atoms with Gasteiger partial charge in [0.2, 0.25) is 0 Å². The van der Waals surface area contributed by atoms with Gasteiger partial charge in [0.1, 0.15) is 4.84 Å². The molecule has 0 aliphatic carbocycles. The van der Waals surface area contributed by atoms with E-state index in [0.29, 0.717) is 0 Å². The Balaban J connectivity index is -0.0000000360. The van der Waals surface area contributed by atoms with Crippen molar-refractivity contribution in [2.75, 3.05) is 19.1 Å². The Hall–Kier alpha value is 1.04. The molecule has 0 unspecified atom stereocenters. The number of hydrogen-bond acceptors (Lipinski definition) is 3. The Labute approximate surface area is 86.8 Å². The predicted octanol–water partition coefficient (Wildman–Crippen LogP) is 1.97. The summed E-state index contributed by atoms with van der Waals surface area (Å²) in [6.07, 6.45) is 0. The molecule has 0 atom stereocenters. The first kappa shape index (κ1) is 22.7. The lowest BCUT2D eigenvalue weighted by Crippen LogP contribution is -1.90.